The van der Waals surface area contributed by atoms with E-state index in [1.807, 2.05) is 0 Å². The highest BCUT2D eigenvalue weighted by Crippen LogP contribution is 2.22. The molecular weight excluding hydrogens is 324 g/mol. The molecule has 0 aliphatic carbocycles. The molecule has 1 aliphatic heterocycles. The lowest BCUT2D eigenvalue weighted by molar-refractivity contribution is -0.286. The van der Waals surface area contributed by atoms with Gasteiger partial charge in [0.05, 0.1) is 0 Å². The summed E-state index contributed by atoms with van der Waals surface area (Å²) >= 11 is 0. The number of aliphatic hydroxyl groups excluding tert-OH is 4. The summed E-state index contributed by atoms with van der Waals surface area (Å²) < 4.78 is 14.8. The van der Waals surface area contributed by atoms with E-state index in [1.165, 1.54) is 19.1 Å². The lowest BCUT2D eigenvalue weighted by Gasteiger charge is -2.37. The Bertz CT molecular complexity index is 602. The molecule has 2 unspecified atom stereocenters. The van der Waals surface area contributed by atoms with Crippen LogP contribution in [0.3, 0.4) is 0 Å². The lowest BCUT2D eigenvalue weighted by atomic mass is 9.99. The molecule has 4 N–H and O–H groups in total. The van der Waals surface area contributed by atoms with E-state index in [0.717, 1.165) is 0 Å². The van der Waals surface area contributed by atoms with Crippen LogP contribution in [0.15, 0.2) is 24.3 Å². The third kappa shape index (κ3) is 4.08. The molecule has 24 heavy (non-hydrogen) atoms. The van der Waals surface area contributed by atoms with Crippen molar-refractivity contribution in [1.29, 1.82) is 0 Å². The topological polar surface area (TPSA) is 143 Å². The van der Waals surface area contributed by atoms with Crippen LogP contribution in [0.2, 0.25) is 0 Å². The Morgan fingerprint density at radius 2 is 1.75 bits per heavy atom. The first-order valence-corrected chi connectivity index (χ1v) is 7.13. The number of hydrogen-bond donors (Lipinski definition) is 4. The molecule has 0 aromatic heterocycles. The Hall–Kier alpha value is -2.04. The predicted molar refractivity (Wildman–Crippen MR) is 76.9 cm³/mol. The molecule has 132 valence electrons. The van der Waals surface area contributed by atoms with Gasteiger partial charge in [0.15, 0.2) is 6.29 Å². The predicted octanol–water partition coefficient (Wildman–Crippen LogP) is -1.43. The first-order valence-electron chi connectivity index (χ1n) is 7.13. The van der Waals surface area contributed by atoms with Crippen molar-refractivity contribution in [2.24, 2.45) is 0 Å². The summed E-state index contributed by atoms with van der Waals surface area (Å²) in [7, 11) is 0. The summed E-state index contributed by atoms with van der Waals surface area (Å²) in [6.45, 7) is 0.692. The average molecular weight is 342 g/mol. The zero-order chi connectivity index (χ0) is 17.9. The summed E-state index contributed by atoms with van der Waals surface area (Å²) in [6, 6.07) is 5.90. The molecule has 1 aromatic rings. The van der Waals surface area contributed by atoms with Crippen LogP contribution in [0, 0.1) is 0 Å². The quantitative estimate of drug-likeness (QED) is 0.382. The second kappa shape index (κ2) is 7.69. The van der Waals surface area contributed by atoms with E-state index in [-0.39, 0.29) is 11.3 Å². The molecular formula is C15H18O9. The number of aliphatic hydroxyl groups is 4. The van der Waals surface area contributed by atoms with Gasteiger partial charge in [-0.25, -0.2) is 4.79 Å². The Labute approximate surface area is 137 Å². The van der Waals surface area contributed by atoms with Crippen LogP contribution in [0.1, 0.15) is 17.3 Å². The molecule has 1 heterocycles. The van der Waals surface area contributed by atoms with Crippen molar-refractivity contribution >= 4 is 11.9 Å². The van der Waals surface area contributed by atoms with Gasteiger partial charge in [0.2, 0.25) is 0 Å². The number of carbonyl (C=O) groups excluding carboxylic acids is 2. The monoisotopic (exact) mass is 342 g/mol. The molecule has 1 aliphatic rings. The summed E-state index contributed by atoms with van der Waals surface area (Å²) in [6.07, 6.45) is -7.83. The number of carbonyl (C=O) groups is 2. The Kier molecular flexibility index (Phi) is 5.86. The van der Waals surface area contributed by atoms with Crippen LogP contribution in [0.4, 0.5) is 0 Å². The molecule has 1 fully saturated rings. The van der Waals surface area contributed by atoms with E-state index in [0.29, 0.717) is 0 Å². The second-order valence-electron chi connectivity index (χ2n) is 5.23. The molecule has 1 aromatic carbocycles. The van der Waals surface area contributed by atoms with Crippen molar-refractivity contribution in [3.05, 3.63) is 29.8 Å². The highest BCUT2D eigenvalue weighted by atomic mass is 16.6. The van der Waals surface area contributed by atoms with Gasteiger partial charge in [-0.3, -0.25) is 4.79 Å². The van der Waals surface area contributed by atoms with E-state index in [9.17, 15) is 30.0 Å². The minimum absolute atomic E-state index is 0.00982. The molecule has 2 rings (SSSR count). The fourth-order valence-electron chi connectivity index (χ4n) is 2.18. The lowest BCUT2D eigenvalue weighted by Crippen LogP contribution is -2.58. The van der Waals surface area contributed by atoms with E-state index >= 15 is 0 Å². The number of para-hydroxylation sites is 1. The van der Waals surface area contributed by atoms with Gasteiger partial charge in [-0.1, -0.05) is 12.1 Å². The molecule has 9 nitrogen and oxygen atoms in total. The van der Waals surface area contributed by atoms with Gasteiger partial charge in [-0.05, 0) is 12.1 Å². The molecule has 5 atom stereocenters. The molecule has 0 spiro atoms. The van der Waals surface area contributed by atoms with Crippen molar-refractivity contribution in [2.75, 3.05) is 6.61 Å². The summed E-state index contributed by atoms with van der Waals surface area (Å²) in [5, 5.41) is 38.1. The maximum absolute atomic E-state index is 12.1. The Morgan fingerprint density at radius 1 is 1.08 bits per heavy atom. The van der Waals surface area contributed by atoms with E-state index in [2.05, 4.69) is 0 Å². The number of rotatable bonds is 4. The van der Waals surface area contributed by atoms with Crippen LogP contribution in [0.25, 0.3) is 0 Å². The Balaban J connectivity index is 2.02. The minimum Gasteiger partial charge on any atom is -0.459 e. The van der Waals surface area contributed by atoms with Gasteiger partial charge in [-0.15, -0.1) is 0 Å². The van der Waals surface area contributed by atoms with Crippen molar-refractivity contribution in [2.45, 2.75) is 37.6 Å². The molecule has 0 saturated carbocycles. The highest BCUT2D eigenvalue weighted by Gasteiger charge is 2.43. The first kappa shape index (κ1) is 18.3. The van der Waals surface area contributed by atoms with Crippen LogP contribution in [0.5, 0.6) is 5.75 Å². The number of benzene rings is 1. The van der Waals surface area contributed by atoms with Crippen LogP contribution < -0.4 is 4.74 Å². The third-order valence-corrected chi connectivity index (χ3v) is 3.43. The first-order chi connectivity index (χ1) is 11.3. The standard InChI is InChI=1S/C15H18O9/c1-7(16)23-9-5-3-2-4-8(9)14(20)22-6-10-11(17)12(18)13(19)15(21)24-10/h2-5,10-13,15,17-19,21H,6H2,1H3/t10?,11-,12-,13?,15-/m0/s1. The van der Waals surface area contributed by atoms with Crippen LogP contribution in [-0.2, 0) is 14.3 Å². The minimum atomic E-state index is -1.72. The normalized spacial score (nSPS) is 29.8. The fraction of sp³-hybridized carbons (Fsp3) is 0.467. The number of ether oxygens (including phenoxy) is 3. The van der Waals surface area contributed by atoms with E-state index < -0.39 is 49.3 Å². The summed E-state index contributed by atoms with van der Waals surface area (Å²) in [4.78, 5) is 23.1. The fourth-order valence-corrected chi connectivity index (χ4v) is 2.18. The molecule has 0 radical (unpaired) electrons. The molecule has 0 bridgehead atoms. The number of hydrogen-bond acceptors (Lipinski definition) is 9. The summed E-state index contributed by atoms with van der Waals surface area (Å²) in [5.41, 5.74) is -0.0147. The maximum atomic E-state index is 12.1. The zero-order valence-electron chi connectivity index (χ0n) is 12.7. The largest absolute Gasteiger partial charge is 0.459 e. The molecule has 1 saturated heterocycles. The van der Waals surface area contributed by atoms with Gasteiger partial charge in [0.1, 0.15) is 42.3 Å². The number of esters is 2. The maximum Gasteiger partial charge on any atom is 0.342 e. The van der Waals surface area contributed by atoms with Crippen molar-refractivity contribution in [1.82, 2.24) is 0 Å². The zero-order valence-corrected chi connectivity index (χ0v) is 12.7. The van der Waals surface area contributed by atoms with Crippen LogP contribution in [-0.4, -0.2) is 69.7 Å². The van der Waals surface area contributed by atoms with Crippen LogP contribution >= 0.6 is 0 Å². The Morgan fingerprint density at radius 3 is 2.42 bits per heavy atom. The van der Waals surface area contributed by atoms with Gasteiger partial charge in [0.25, 0.3) is 0 Å². The molecule has 9 heteroatoms. The average Bonchev–Trinajstić information content (AvgIpc) is 2.54. The van der Waals surface area contributed by atoms with Gasteiger partial charge in [0, 0.05) is 6.92 Å². The van der Waals surface area contributed by atoms with E-state index in [1.54, 1.807) is 12.1 Å². The highest BCUT2D eigenvalue weighted by molar-refractivity contribution is 5.93. The van der Waals surface area contributed by atoms with Gasteiger partial charge < -0.3 is 34.6 Å². The SMILES string of the molecule is CC(=O)Oc1ccccc1C(=O)OCC1O[C@H](O)C(O)[C@@H](O)[C@H]1O. The van der Waals surface area contributed by atoms with Gasteiger partial charge in [-0.2, -0.15) is 0 Å². The smallest absolute Gasteiger partial charge is 0.342 e. The van der Waals surface area contributed by atoms with Gasteiger partial charge >= 0.3 is 11.9 Å². The summed E-state index contributed by atoms with van der Waals surface area (Å²) in [5.74, 6) is -1.45. The second-order valence-corrected chi connectivity index (χ2v) is 5.23. The third-order valence-electron chi connectivity index (χ3n) is 3.43. The molecule has 0 amide bonds. The van der Waals surface area contributed by atoms with Crippen molar-refractivity contribution in [3.63, 3.8) is 0 Å². The van der Waals surface area contributed by atoms with E-state index in [4.69, 9.17) is 14.2 Å². The van der Waals surface area contributed by atoms with Crippen molar-refractivity contribution < 1.29 is 44.2 Å². The van der Waals surface area contributed by atoms with Crippen molar-refractivity contribution in [3.8, 4) is 5.75 Å².